The molecular weight excluding hydrogens is 134 g/mol. The van der Waals surface area contributed by atoms with Crippen molar-refractivity contribution in [3.63, 3.8) is 0 Å². The molecule has 0 saturated heterocycles. The fraction of sp³-hybridized carbons (Fsp3) is 1.00. The number of hydrogen-bond donors (Lipinski definition) is 3. The topological polar surface area (TPSA) is 32.3 Å². The maximum Gasteiger partial charge on any atom is 0.0662 e. The minimum absolute atomic E-state index is 0.178. The van der Waals surface area contributed by atoms with Gasteiger partial charge in [-0.15, -0.1) is 0 Å². The van der Waals surface area contributed by atoms with Crippen molar-refractivity contribution in [3.05, 3.63) is 0 Å². The predicted molar refractivity (Wildman–Crippen MR) is 43.0 cm³/mol. The van der Waals surface area contributed by atoms with Gasteiger partial charge < -0.3 is 10.4 Å². The Balaban J connectivity index is 3.16. The molecule has 3 heteroatoms. The fourth-order valence-corrected chi connectivity index (χ4v) is 0.592. The van der Waals surface area contributed by atoms with Crippen LogP contribution in [0.1, 0.15) is 13.8 Å². The average Bonchev–Trinajstić information content (AvgIpc) is 1.82. The largest absolute Gasteiger partial charge is 0.392 e. The lowest BCUT2D eigenvalue weighted by atomic mass is 10.2. The van der Waals surface area contributed by atoms with E-state index in [1.165, 1.54) is 0 Å². The molecule has 0 fully saturated rings. The molecule has 2 atom stereocenters. The second-order valence-electron chi connectivity index (χ2n) is 2.21. The molecule has 2 N–H and O–H groups in total. The van der Waals surface area contributed by atoms with Crippen LogP contribution in [0.2, 0.25) is 0 Å². The van der Waals surface area contributed by atoms with E-state index in [4.69, 9.17) is 5.11 Å². The summed E-state index contributed by atoms with van der Waals surface area (Å²) >= 11 is 4.02. The zero-order valence-electron chi connectivity index (χ0n) is 5.96. The highest BCUT2D eigenvalue weighted by molar-refractivity contribution is 7.80. The smallest absolute Gasteiger partial charge is 0.0662 e. The second kappa shape index (κ2) is 5.09. The number of aliphatic hydroxyl groups excluding tert-OH is 1. The Morgan fingerprint density at radius 3 is 2.44 bits per heavy atom. The summed E-state index contributed by atoms with van der Waals surface area (Å²) in [6.07, 6.45) is -0.273. The first kappa shape index (κ1) is 9.27. The molecule has 0 spiro atoms. The van der Waals surface area contributed by atoms with Gasteiger partial charge in [0.05, 0.1) is 6.10 Å². The first-order chi connectivity index (χ1) is 4.18. The van der Waals surface area contributed by atoms with Crippen LogP contribution >= 0.6 is 12.6 Å². The van der Waals surface area contributed by atoms with Gasteiger partial charge >= 0.3 is 0 Å². The Kier molecular flexibility index (Phi) is 5.24. The molecule has 2 unspecified atom stereocenters. The van der Waals surface area contributed by atoms with Crippen molar-refractivity contribution in [2.75, 3.05) is 12.3 Å². The van der Waals surface area contributed by atoms with E-state index in [0.717, 1.165) is 12.3 Å². The Bertz CT molecular complexity index is 68.1. The standard InChI is InChI=1S/C6H15NOS/c1-5(6(2)8)7-3-4-9/h5-9H,3-4H2,1-2H3. The molecule has 0 aromatic rings. The molecule has 0 aliphatic rings. The van der Waals surface area contributed by atoms with E-state index in [-0.39, 0.29) is 12.1 Å². The highest BCUT2D eigenvalue weighted by atomic mass is 32.1. The fourth-order valence-electron chi connectivity index (χ4n) is 0.463. The van der Waals surface area contributed by atoms with Gasteiger partial charge in [0.2, 0.25) is 0 Å². The van der Waals surface area contributed by atoms with Gasteiger partial charge in [-0.25, -0.2) is 0 Å². The average molecular weight is 149 g/mol. The maximum absolute atomic E-state index is 8.96. The van der Waals surface area contributed by atoms with Crippen molar-refractivity contribution in [2.45, 2.75) is 26.0 Å². The van der Waals surface area contributed by atoms with Gasteiger partial charge in [-0.2, -0.15) is 12.6 Å². The van der Waals surface area contributed by atoms with Crippen LogP contribution in [-0.4, -0.2) is 29.5 Å². The van der Waals surface area contributed by atoms with Crippen molar-refractivity contribution < 1.29 is 5.11 Å². The summed E-state index contributed by atoms with van der Waals surface area (Å²) in [4.78, 5) is 0. The molecule has 2 nitrogen and oxygen atoms in total. The zero-order valence-corrected chi connectivity index (χ0v) is 6.86. The normalized spacial score (nSPS) is 17.3. The number of aliphatic hydroxyl groups is 1. The van der Waals surface area contributed by atoms with Gasteiger partial charge in [-0.05, 0) is 13.8 Å². The molecule has 0 aliphatic carbocycles. The molecule has 0 aromatic heterocycles. The molecule has 0 saturated carbocycles. The van der Waals surface area contributed by atoms with Crippen molar-refractivity contribution in [1.82, 2.24) is 5.32 Å². The van der Waals surface area contributed by atoms with Gasteiger partial charge in [0.15, 0.2) is 0 Å². The van der Waals surface area contributed by atoms with Gasteiger partial charge in [0.25, 0.3) is 0 Å². The zero-order chi connectivity index (χ0) is 7.28. The minimum Gasteiger partial charge on any atom is -0.392 e. The molecule has 0 rings (SSSR count). The third-order valence-corrected chi connectivity index (χ3v) is 1.53. The van der Waals surface area contributed by atoms with E-state index in [0.29, 0.717) is 0 Å². The van der Waals surface area contributed by atoms with E-state index in [9.17, 15) is 0 Å². The maximum atomic E-state index is 8.96. The van der Waals surface area contributed by atoms with Crippen molar-refractivity contribution in [2.24, 2.45) is 0 Å². The SMILES string of the molecule is CC(O)C(C)NCCS. The van der Waals surface area contributed by atoms with E-state index < -0.39 is 0 Å². The lowest BCUT2D eigenvalue weighted by Crippen LogP contribution is -2.36. The highest BCUT2D eigenvalue weighted by Gasteiger charge is 2.05. The number of nitrogens with one attached hydrogen (secondary N) is 1. The second-order valence-corrected chi connectivity index (χ2v) is 2.65. The van der Waals surface area contributed by atoms with Crippen LogP contribution in [0.25, 0.3) is 0 Å². The molecule has 0 amide bonds. The van der Waals surface area contributed by atoms with Crippen molar-refractivity contribution >= 4 is 12.6 Å². The molecule has 0 heterocycles. The summed E-state index contributed by atoms with van der Waals surface area (Å²) in [6, 6.07) is 0.178. The summed E-state index contributed by atoms with van der Waals surface area (Å²) in [7, 11) is 0. The molecular formula is C6H15NOS. The van der Waals surface area contributed by atoms with Crippen LogP contribution in [0, 0.1) is 0 Å². The lowest BCUT2D eigenvalue weighted by molar-refractivity contribution is 0.154. The Hall–Kier alpha value is 0.270. The van der Waals surface area contributed by atoms with E-state index in [2.05, 4.69) is 17.9 Å². The molecule has 0 radical (unpaired) electrons. The highest BCUT2D eigenvalue weighted by Crippen LogP contribution is 1.88. The van der Waals surface area contributed by atoms with Crippen LogP contribution in [0.15, 0.2) is 0 Å². The van der Waals surface area contributed by atoms with E-state index >= 15 is 0 Å². The van der Waals surface area contributed by atoms with E-state index in [1.807, 2.05) is 6.92 Å². The van der Waals surface area contributed by atoms with Crippen LogP contribution in [0.4, 0.5) is 0 Å². The van der Waals surface area contributed by atoms with Crippen LogP contribution in [-0.2, 0) is 0 Å². The van der Waals surface area contributed by atoms with Gasteiger partial charge in [0, 0.05) is 18.3 Å². The summed E-state index contributed by atoms with van der Waals surface area (Å²) < 4.78 is 0. The number of rotatable bonds is 4. The lowest BCUT2D eigenvalue weighted by Gasteiger charge is -2.14. The summed E-state index contributed by atoms with van der Waals surface area (Å²) in [5, 5.41) is 12.1. The number of thiol groups is 1. The first-order valence-corrected chi connectivity index (χ1v) is 3.84. The van der Waals surface area contributed by atoms with Gasteiger partial charge in [0.1, 0.15) is 0 Å². The quantitative estimate of drug-likeness (QED) is 0.501. The van der Waals surface area contributed by atoms with E-state index in [1.54, 1.807) is 6.92 Å². The summed E-state index contributed by atoms with van der Waals surface area (Å²) in [6.45, 7) is 4.58. The Labute approximate surface area is 62.1 Å². The Morgan fingerprint density at radius 2 is 2.11 bits per heavy atom. The number of hydrogen-bond acceptors (Lipinski definition) is 3. The molecule has 56 valence electrons. The summed E-state index contributed by atoms with van der Waals surface area (Å²) in [5.74, 6) is 0.817. The molecule has 0 aromatic carbocycles. The third-order valence-electron chi connectivity index (χ3n) is 1.30. The van der Waals surface area contributed by atoms with Crippen LogP contribution < -0.4 is 5.32 Å². The summed E-state index contributed by atoms with van der Waals surface area (Å²) in [5.41, 5.74) is 0. The monoisotopic (exact) mass is 149 g/mol. The molecule has 0 bridgehead atoms. The van der Waals surface area contributed by atoms with Crippen LogP contribution in [0.5, 0.6) is 0 Å². The Morgan fingerprint density at radius 1 is 1.56 bits per heavy atom. The predicted octanol–water partition coefficient (Wildman–Crippen LogP) is 0.275. The first-order valence-electron chi connectivity index (χ1n) is 3.20. The van der Waals surface area contributed by atoms with Crippen molar-refractivity contribution in [1.29, 1.82) is 0 Å². The molecule has 0 aliphatic heterocycles. The third kappa shape index (κ3) is 4.75. The minimum atomic E-state index is -0.273. The molecule has 9 heavy (non-hydrogen) atoms. The van der Waals surface area contributed by atoms with Gasteiger partial charge in [-0.1, -0.05) is 0 Å². The van der Waals surface area contributed by atoms with Crippen molar-refractivity contribution in [3.8, 4) is 0 Å². The van der Waals surface area contributed by atoms with Gasteiger partial charge in [-0.3, -0.25) is 0 Å². The van der Waals surface area contributed by atoms with Crippen LogP contribution in [0.3, 0.4) is 0 Å².